The van der Waals surface area contributed by atoms with Crippen LogP contribution in [0.1, 0.15) is 16.8 Å². The second-order valence-electron chi connectivity index (χ2n) is 3.37. The Morgan fingerprint density at radius 2 is 1.94 bits per heavy atom. The minimum atomic E-state index is -0.933. The van der Waals surface area contributed by atoms with Crippen molar-refractivity contribution in [2.24, 2.45) is 0 Å². The lowest BCUT2D eigenvalue weighted by molar-refractivity contribution is 0.0697. The molecule has 0 aliphatic heterocycles. The summed E-state index contributed by atoms with van der Waals surface area (Å²) in [4.78, 5) is 10.6. The highest BCUT2D eigenvalue weighted by atomic mass is 32.2. The largest absolute Gasteiger partial charge is 0.494 e. The zero-order valence-corrected chi connectivity index (χ0v) is 10.3. The van der Waals surface area contributed by atoms with Gasteiger partial charge in [0.15, 0.2) is 0 Å². The second-order valence-corrected chi connectivity index (χ2v) is 4.59. The molecule has 1 rings (SSSR count). The average molecular weight is 256 g/mol. The Morgan fingerprint density at radius 1 is 1.24 bits per heavy atom. The van der Waals surface area contributed by atoms with Crippen molar-refractivity contribution in [2.75, 3.05) is 24.7 Å². The number of hydrogen-bond acceptors (Lipinski definition) is 4. The van der Waals surface area contributed by atoms with Gasteiger partial charge >= 0.3 is 5.97 Å². The first-order valence-corrected chi connectivity index (χ1v) is 6.54. The molecule has 5 heteroatoms. The van der Waals surface area contributed by atoms with E-state index in [9.17, 15) is 4.79 Å². The van der Waals surface area contributed by atoms with E-state index in [2.05, 4.69) is 0 Å². The number of thioether (sulfide) groups is 1. The molecule has 0 fully saturated rings. The summed E-state index contributed by atoms with van der Waals surface area (Å²) in [6.45, 7) is 0.813. The van der Waals surface area contributed by atoms with E-state index in [0.717, 1.165) is 17.9 Å². The summed E-state index contributed by atoms with van der Waals surface area (Å²) < 4.78 is 5.45. The Kier molecular flexibility index (Phi) is 6.50. The first-order chi connectivity index (χ1) is 8.24. The van der Waals surface area contributed by atoms with Crippen molar-refractivity contribution in [3.63, 3.8) is 0 Å². The third kappa shape index (κ3) is 5.60. The topological polar surface area (TPSA) is 66.8 Å². The summed E-state index contributed by atoms with van der Waals surface area (Å²) in [5.41, 5.74) is 0.260. The first kappa shape index (κ1) is 13.9. The van der Waals surface area contributed by atoms with Crippen molar-refractivity contribution in [1.82, 2.24) is 0 Å². The van der Waals surface area contributed by atoms with Crippen molar-refractivity contribution in [3.05, 3.63) is 29.8 Å². The van der Waals surface area contributed by atoms with Gasteiger partial charge in [-0.3, -0.25) is 0 Å². The van der Waals surface area contributed by atoms with Crippen molar-refractivity contribution in [2.45, 2.75) is 6.42 Å². The smallest absolute Gasteiger partial charge is 0.335 e. The van der Waals surface area contributed by atoms with E-state index in [1.807, 2.05) is 0 Å². The molecule has 2 N–H and O–H groups in total. The lowest BCUT2D eigenvalue weighted by Crippen LogP contribution is -2.00. The normalized spacial score (nSPS) is 10.2. The maximum absolute atomic E-state index is 10.6. The molecule has 1 aromatic carbocycles. The fourth-order valence-corrected chi connectivity index (χ4v) is 1.87. The lowest BCUT2D eigenvalue weighted by Gasteiger charge is -2.05. The molecule has 0 atom stereocenters. The van der Waals surface area contributed by atoms with Crippen LogP contribution in [0.5, 0.6) is 5.75 Å². The summed E-state index contributed by atoms with van der Waals surface area (Å²) in [6, 6.07) is 6.37. The van der Waals surface area contributed by atoms with Crippen molar-refractivity contribution < 1.29 is 19.7 Å². The van der Waals surface area contributed by atoms with Crippen LogP contribution in [0.15, 0.2) is 24.3 Å². The van der Waals surface area contributed by atoms with E-state index in [0.29, 0.717) is 12.4 Å². The maximum atomic E-state index is 10.6. The monoisotopic (exact) mass is 256 g/mol. The maximum Gasteiger partial charge on any atom is 0.335 e. The molecule has 1 aromatic rings. The highest BCUT2D eigenvalue weighted by molar-refractivity contribution is 7.99. The number of aliphatic hydroxyl groups excluding tert-OH is 1. The van der Waals surface area contributed by atoms with Crippen LogP contribution in [0.2, 0.25) is 0 Å². The van der Waals surface area contributed by atoms with Gasteiger partial charge in [0.1, 0.15) is 5.75 Å². The SMILES string of the molecule is O=C(O)c1ccc(OCCCSCCO)cc1. The summed E-state index contributed by atoms with van der Waals surface area (Å²) in [5.74, 6) is 1.46. The van der Waals surface area contributed by atoms with Crippen molar-refractivity contribution in [3.8, 4) is 5.75 Å². The number of aliphatic hydroxyl groups is 1. The van der Waals surface area contributed by atoms with Crippen LogP contribution in [-0.2, 0) is 0 Å². The summed E-state index contributed by atoms with van der Waals surface area (Å²) in [6.07, 6.45) is 0.908. The number of carboxylic acids is 1. The first-order valence-electron chi connectivity index (χ1n) is 5.39. The van der Waals surface area contributed by atoms with Gasteiger partial charge in [0, 0.05) is 5.75 Å². The van der Waals surface area contributed by atoms with E-state index in [1.54, 1.807) is 23.9 Å². The van der Waals surface area contributed by atoms with Gasteiger partial charge in [-0.05, 0) is 36.4 Å². The van der Waals surface area contributed by atoms with E-state index in [4.69, 9.17) is 14.9 Å². The average Bonchev–Trinajstić information content (AvgIpc) is 2.34. The Balaban J connectivity index is 2.21. The molecule has 0 saturated carbocycles. The Hall–Kier alpha value is -1.20. The van der Waals surface area contributed by atoms with Gasteiger partial charge in [-0.1, -0.05) is 0 Å². The van der Waals surface area contributed by atoms with Crippen LogP contribution in [-0.4, -0.2) is 40.9 Å². The molecule has 0 amide bonds. The number of carbonyl (C=O) groups is 1. The van der Waals surface area contributed by atoms with Gasteiger partial charge in [0.05, 0.1) is 18.8 Å². The van der Waals surface area contributed by atoms with E-state index >= 15 is 0 Å². The van der Waals surface area contributed by atoms with E-state index in [1.165, 1.54) is 12.1 Å². The zero-order chi connectivity index (χ0) is 12.5. The zero-order valence-electron chi connectivity index (χ0n) is 9.46. The molecular weight excluding hydrogens is 240 g/mol. The lowest BCUT2D eigenvalue weighted by atomic mass is 10.2. The van der Waals surface area contributed by atoms with Crippen LogP contribution >= 0.6 is 11.8 Å². The summed E-state index contributed by atoms with van der Waals surface area (Å²) in [7, 11) is 0. The fourth-order valence-electron chi connectivity index (χ4n) is 1.21. The molecule has 0 spiro atoms. The Morgan fingerprint density at radius 3 is 2.53 bits per heavy atom. The van der Waals surface area contributed by atoms with Crippen LogP contribution in [0, 0.1) is 0 Å². The van der Waals surface area contributed by atoms with Gasteiger partial charge in [-0.2, -0.15) is 11.8 Å². The third-order valence-electron chi connectivity index (χ3n) is 2.04. The third-order valence-corrected chi connectivity index (χ3v) is 3.09. The number of benzene rings is 1. The molecular formula is C12H16O4S. The Bertz CT molecular complexity index is 337. The molecule has 0 aliphatic rings. The molecule has 0 unspecified atom stereocenters. The number of carboxylic acid groups (broad SMARTS) is 1. The second kappa shape index (κ2) is 7.97. The van der Waals surface area contributed by atoms with Crippen molar-refractivity contribution in [1.29, 1.82) is 0 Å². The van der Waals surface area contributed by atoms with Crippen molar-refractivity contribution >= 4 is 17.7 Å². The fraction of sp³-hybridized carbons (Fsp3) is 0.417. The Labute approximate surface area is 105 Å². The minimum absolute atomic E-state index is 0.210. The quantitative estimate of drug-likeness (QED) is 0.695. The molecule has 0 aliphatic carbocycles. The number of ether oxygens (including phenoxy) is 1. The molecule has 4 nitrogen and oxygen atoms in total. The van der Waals surface area contributed by atoms with Crippen LogP contribution in [0.4, 0.5) is 0 Å². The number of aromatic carboxylic acids is 1. The van der Waals surface area contributed by atoms with E-state index < -0.39 is 5.97 Å². The van der Waals surface area contributed by atoms with Crippen LogP contribution in [0.25, 0.3) is 0 Å². The van der Waals surface area contributed by atoms with Gasteiger partial charge in [0.2, 0.25) is 0 Å². The molecule has 0 saturated heterocycles. The van der Waals surface area contributed by atoms with Gasteiger partial charge in [0.25, 0.3) is 0 Å². The molecule has 0 bridgehead atoms. The molecule has 94 valence electrons. The minimum Gasteiger partial charge on any atom is -0.494 e. The van der Waals surface area contributed by atoms with E-state index in [-0.39, 0.29) is 12.2 Å². The molecule has 0 aromatic heterocycles. The summed E-state index contributed by atoms with van der Waals surface area (Å²) in [5, 5.41) is 17.3. The predicted molar refractivity (Wildman–Crippen MR) is 67.9 cm³/mol. The highest BCUT2D eigenvalue weighted by Gasteiger charge is 2.01. The molecule has 0 radical (unpaired) electrons. The summed E-state index contributed by atoms with van der Waals surface area (Å²) >= 11 is 1.69. The highest BCUT2D eigenvalue weighted by Crippen LogP contribution is 2.12. The van der Waals surface area contributed by atoms with Crippen LogP contribution in [0.3, 0.4) is 0 Å². The standard InChI is InChI=1S/C12H16O4S/c13-6-9-17-8-1-7-16-11-4-2-10(3-5-11)12(14)15/h2-5,13H,1,6-9H2,(H,14,15). The van der Waals surface area contributed by atoms with Gasteiger partial charge in [-0.25, -0.2) is 4.79 Å². The van der Waals surface area contributed by atoms with Gasteiger partial charge in [-0.15, -0.1) is 0 Å². The molecule has 0 heterocycles. The number of hydrogen-bond donors (Lipinski definition) is 2. The van der Waals surface area contributed by atoms with Crippen LogP contribution < -0.4 is 4.74 Å². The number of rotatable bonds is 8. The molecule has 17 heavy (non-hydrogen) atoms. The van der Waals surface area contributed by atoms with Gasteiger partial charge < -0.3 is 14.9 Å². The predicted octanol–water partition coefficient (Wildman–Crippen LogP) is 1.88.